The predicted molar refractivity (Wildman–Crippen MR) is 179 cm³/mol. The van der Waals surface area contributed by atoms with Crippen LogP contribution in [0.4, 0.5) is 0 Å². The molecule has 0 aliphatic heterocycles. The normalized spacial score (nSPS) is 11.7. The zero-order valence-electron chi connectivity index (χ0n) is 23.3. The number of nitrogens with zero attached hydrogens (tertiary/aromatic N) is 3. The molecular formula is C40H25N3. The van der Waals surface area contributed by atoms with Crippen molar-refractivity contribution in [3.8, 4) is 33.8 Å². The molecule has 0 N–H and O–H groups in total. The minimum absolute atomic E-state index is 0.890. The first-order valence-electron chi connectivity index (χ1n) is 14.6. The van der Waals surface area contributed by atoms with Crippen molar-refractivity contribution in [1.82, 2.24) is 14.4 Å². The molecular weight excluding hydrogens is 522 g/mol. The number of rotatable bonds is 3. The van der Waals surface area contributed by atoms with E-state index in [9.17, 15) is 0 Å². The summed E-state index contributed by atoms with van der Waals surface area (Å²) < 4.78 is 2.19. The van der Waals surface area contributed by atoms with Gasteiger partial charge in [0.2, 0.25) is 0 Å². The lowest BCUT2D eigenvalue weighted by molar-refractivity contribution is 1.17. The van der Waals surface area contributed by atoms with Gasteiger partial charge >= 0.3 is 0 Å². The van der Waals surface area contributed by atoms with Gasteiger partial charge in [-0.1, -0.05) is 115 Å². The summed E-state index contributed by atoms with van der Waals surface area (Å²) >= 11 is 0. The van der Waals surface area contributed by atoms with E-state index in [2.05, 4.69) is 138 Å². The molecule has 0 unspecified atom stereocenters. The van der Waals surface area contributed by atoms with E-state index in [1.165, 1.54) is 43.4 Å². The third-order valence-electron chi connectivity index (χ3n) is 8.63. The van der Waals surface area contributed by atoms with Gasteiger partial charge in [-0.25, -0.2) is 9.97 Å². The standard InChI is InChI=1S/C40H25N3/c1-2-9-27(10-3-1)38-37-23-21-28-11-8-24-41-39(28)43(37)40(42-38)29-18-16-26(17-19-29)30-20-22-35-33-14-5-4-12-31(33)32-13-6-7-15-34(32)36(35)25-30/h1-25H. The smallest absolute Gasteiger partial charge is 0.146 e. The fraction of sp³-hybridized carbons (Fsp3) is 0. The number of imidazole rings is 1. The van der Waals surface area contributed by atoms with Crippen LogP contribution in [0.25, 0.3) is 82.6 Å². The molecule has 3 nitrogen and oxygen atoms in total. The Labute approximate surface area is 248 Å². The maximum absolute atomic E-state index is 5.21. The highest BCUT2D eigenvalue weighted by Crippen LogP contribution is 2.38. The first-order valence-corrected chi connectivity index (χ1v) is 14.6. The van der Waals surface area contributed by atoms with Crippen molar-refractivity contribution in [2.75, 3.05) is 0 Å². The predicted octanol–water partition coefficient (Wildman–Crippen LogP) is 10.3. The Kier molecular flexibility index (Phi) is 5.20. The van der Waals surface area contributed by atoms with Gasteiger partial charge in [-0.05, 0) is 73.8 Å². The van der Waals surface area contributed by atoms with Gasteiger partial charge < -0.3 is 0 Å². The minimum Gasteiger partial charge on any atom is -0.276 e. The average molecular weight is 548 g/mol. The molecule has 3 aromatic heterocycles. The number of fused-ring (bicyclic) bond motifs is 9. The molecule has 0 bridgehead atoms. The van der Waals surface area contributed by atoms with Gasteiger partial charge in [-0.15, -0.1) is 0 Å². The van der Waals surface area contributed by atoms with E-state index in [0.717, 1.165) is 39.2 Å². The van der Waals surface area contributed by atoms with Crippen LogP contribution in [-0.4, -0.2) is 14.4 Å². The van der Waals surface area contributed by atoms with Crippen LogP contribution in [0, 0.1) is 0 Å². The van der Waals surface area contributed by atoms with E-state index >= 15 is 0 Å². The summed E-state index contributed by atoms with van der Waals surface area (Å²) in [5, 5.41) is 8.81. The van der Waals surface area contributed by atoms with Gasteiger partial charge in [0, 0.05) is 22.7 Å². The van der Waals surface area contributed by atoms with Crippen molar-refractivity contribution in [1.29, 1.82) is 0 Å². The zero-order chi connectivity index (χ0) is 28.3. The molecule has 0 fully saturated rings. The van der Waals surface area contributed by atoms with Gasteiger partial charge in [-0.3, -0.25) is 4.40 Å². The highest BCUT2D eigenvalue weighted by atomic mass is 15.1. The van der Waals surface area contributed by atoms with Gasteiger partial charge in [0.05, 0.1) is 11.2 Å². The van der Waals surface area contributed by atoms with E-state index in [-0.39, 0.29) is 0 Å². The molecule has 0 saturated carbocycles. The summed E-state index contributed by atoms with van der Waals surface area (Å²) in [5.74, 6) is 0.890. The van der Waals surface area contributed by atoms with Crippen molar-refractivity contribution in [3.05, 3.63) is 152 Å². The maximum atomic E-state index is 5.21. The molecule has 43 heavy (non-hydrogen) atoms. The van der Waals surface area contributed by atoms with Gasteiger partial charge in [0.1, 0.15) is 11.5 Å². The lowest BCUT2D eigenvalue weighted by atomic mass is 9.92. The molecule has 3 heteroatoms. The molecule has 0 spiro atoms. The van der Waals surface area contributed by atoms with Crippen LogP contribution in [0.1, 0.15) is 0 Å². The first-order chi connectivity index (χ1) is 21.3. The number of hydrogen-bond donors (Lipinski definition) is 0. The Morgan fingerprint density at radius 1 is 0.419 bits per heavy atom. The van der Waals surface area contributed by atoms with Crippen LogP contribution >= 0.6 is 0 Å². The third kappa shape index (κ3) is 3.68. The maximum Gasteiger partial charge on any atom is 0.146 e. The molecule has 0 amide bonds. The summed E-state index contributed by atoms with van der Waals surface area (Å²) in [6.45, 7) is 0. The highest BCUT2D eigenvalue weighted by Gasteiger charge is 2.17. The molecule has 3 heterocycles. The van der Waals surface area contributed by atoms with E-state index < -0.39 is 0 Å². The van der Waals surface area contributed by atoms with E-state index in [0.29, 0.717) is 0 Å². The zero-order valence-corrected chi connectivity index (χ0v) is 23.3. The summed E-state index contributed by atoms with van der Waals surface area (Å²) in [6.07, 6.45) is 1.85. The SMILES string of the molecule is c1ccc(-c2nc(-c3ccc(-c4ccc5c6ccccc6c6ccccc6c5c4)cc3)n3c2ccc2cccnc23)cc1. The number of pyridine rings is 2. The summed E-state index contributed by atoms with van der Waals surface area (Å²) in [5.41, 5.74) is 7.43. The topological polar surface area (TPSA) is 30.2 Å². The lowest BCUT2D eigenvalue weighted by Gasteiger charge is -2.12. The fourth-order valence-corrected chi connectivity index (χ4v) is 6.60. The molecule has 200 valence electrons. The molecule has 0 radical (unpaired) electrons. The van der Waals surface area contributed by atoms with Gasteiger partial charge in [0.25, 0.3) is 0 Å². The van der Waals surface area contributed by atoms with Gasteiger partial charge in [-0.2, -0.15) is 0 Å². The molecule has 9 rings (SSSR count). The molecule has 9 aromatic rings. The average Bonchev–Trinajstić information content (AvgIpc) is 3.49. The number of aromatic nitrogens is 3. The second-order valence-corrected chi connectivity index (χ2v) is 11.0. The molecule has 0 atom stereocenters. The van der Waals surface area contributed by atoms with Crippen LogP contribution < -0.4 is 0 Å². The van der Waals surface area contributed by atoms with Crippen LogP contribution in [0.3, 0.4) is 0 Å². The van der Waals surface area contributed by atoms with E-state index in [1.54, 1.807) is 0 Å². The van der Waals surface area contributed by atoms with Gasteiger partial charge in [0.15, 0.2) is 0 Å². The monoisotopic (exact) mass is 547 g/mol. The molecule has 0 saturated heterocycles. The van der Waals surface area contributed by atoms with Crippen molar-refractivity contribution >= 4 is 48.9 Å². The lowest BCUT2D eigenvalue weighted by Crippen LogP contribution is -1.94. The van der Waals surface area contributed by atoms with Crippen molar-refractivity contribution < 1.29 is 0 Å². The Hall–Kier alpha value is -5.80. The second-order valence-electron chi connectivity index (χ2n) is 11.0. The second kappa shape index (κ2) is 9.37. The Balaban J connectivity index is 1.21. The Bertz CT molecular complexity index is 2450. The fourth-order valence-electron chi connectivity index (χ4n) is 6.60. The van der Waals surface area contributed by atoms with Crippen LogP contribution in [-0.2, 0) is 0 Å². The molecule has 0 aliphatic rings. The van der Waals surface area contributed by atoms with Crippen molar-refractivity contribution in [3.63, 3.8) is 0 Å². The van der Waals surface area contributed by atoms with Crippen molar-refractivity contribution in [2.45, 2.75) is 0 Å². The largest absolute Gasteiger partial charge is 0.276 e. The summed E-state index contributed by atoms with van der Waals surface area (Å²) in [7, 11) is 0. The van der Waals surface area contributed by atoms with Crippen LogP contribution in [0.5, 0.6) is 0 Å². The van der Waals surface area contributed by atoms with Crippen molar-refractivity contribution in [2.24, 2.45) is 0 Å². The van der Waals surface area contributed by atoms with Crippen LogP contribution in [0.2, 0.25) is 0 Å². The summed E-state index contributed by atoms with van der Waals surface area (Å²) in [4.78, 5) is 9.98. The third-order valence-corrected chi connectivity index (χ3v) is 8.63. The summed E-state index contributed by atoms with van der Waals surface area (Å²) in [6, 6.07) is 51.9. The van der Waals surface area contributed by atoms with E-state index in [1.807, 2.05) is 18.3 Å². The van der Waals surface area contributed by atoms with Crippen LogP contribution in [0.15, 0.2) is 152 Å². The number of hydrogen-bond acceptors (Lipinski definition) is 2. The number of benzene rings is 6. The molecule has 0 aliphatic carbocycles. The minimum atomic E-state index is 0.890. The van der Waals surface area contributed by atoms with E-state index in [4.69, 9.17) is 9.97 Å². The Morgan fingerprint density at radius 3 is 1.74 bits per heavy atom. The highest BCUT2D eigenvalue weighted by molar-refractivity contribution is 6.25. The quantitative estimate of drug-likeness (QED) is 0.206. The first kappa shape index (κ1) is 23.9. The Morgan fingerprint density at radius 2 is 1.02 bits per heavy atom. The molecule has 6 aromatic carbocycles.